The maximum atomic E-state index is 14.1. The first-order chi connectivity index (χ1) is 18.7. The van der Waals surface area contributed by atoms with Crippen molar-refractivity contribution in [3.05, 3.63) is 42.0 Å². The Morgan fingerprint density at radius 3 is 2.35 bits per heavy atom. The molecule has 0 aliphatic carbocycles. The van der Waals surface area contributed by atoms with Crippen LogP contribution in [0.2, 0.25) is 0 Å². The molecule has 0 fully saturated rings. The average molecular weight is 578 g/mol. The van der Waals surface area contributed by atoms with E-state index in [1.54, 1.807) is 52.0 Å². The molecule has 3 amide bonds. The first-order valence-corrected chi connectivity index (χ1v) is 14.5. The molecule has 9 nitrogen and oxygen atoms in total. The van der Waals surface area contributed by atoms with Gasteiger partial charge in [0.15, 0.2) is 0 Å². The van der Waals surface area contributed by atoms with E-state index >= 15 is 0 Å². The molecule has 3 unspecified atom stereocenters. The summed E-state index contributed by atoms with van der Waals surface area (Å²) >= 11 is 4.34. The number of carbonyl (C=O) groups excluding carboxylic acids is 4. The summed E-state index contributed by atoms with van der Waals surface area (Å²) in [5, 5.41) is 5.43. The number of benzene rings is 1. The van der Waals surface area contributed by atoms with Crippen LogP contribution >= 0.6 is 12.6 Å². The highest BCUT2D eigenvalue weighted by Crippen LogP contribution is 2.28. The lowest BCUT2D eigenvalue weighted by atomic mass is 9.96. The topological polar surface area (TPSA) is 114 Å². The van der Waals surface area contributed by atoms with E-state index in [1.165, 1.54) is 4.90 Å². The number of hydrogen-bond acceptors (Lipinski definition) is 7. The predicted molar refractivity (Wildman–Crippen MR) is 161 cm³/mol. The molecule has 0 spiro atoms. The largest absolute Gasteiger partial charge is 0.466 e. The van der Waals surface area contributed by atoms with Crippen LogP contribution in [0.15, 0.2) is 30.8 Å². The Morgan fingerprint density at radius 2 is 1.80 bits per heavy atom. The average Bonchev–Trinajstić information content (AvgIpc) is 2.87. The fourth-order valence-electron chi connectivity index (χ4n) is 4.04. The van der Waals surface area contributed by atoms with Crippen LogP contribution in [-0.2, 0) is 23.9 Å². The lowest BCUT2D eigenvalue weighted by Crippen LogP contribution is -2.56. The van der Waals surface area contributed by atoms with Crippen LogP contribution < -0.4 is 10.6 Å². The Balaban J connectivity index is 3.52. The molecule has 2 N–H and O–H groups in total. The number of alkyl carbamates (subject to hydrolysis) is 1. The van der Waals surface area contributed by atoms with Crippen molar-refractivity contribution in [3.63, 3.8) is 0 Å². The van der Waals surface area contributed by atoms with Gasteiger partial charge in [0.05, 0.1) is 13.0 Å². The Labute approximate surface area is 244 Å². The molecule has 3 atom stereocenters. The van der Waals surface area contributed by atoms with Gasteiger partial charge in [-0.2, -0.15) is 12.6 Å². The fourth-order valence-corrected chi connectivity index (χ4v) is 4.29. The number of thiol groups is 1. The molecule has 1 rings (SSSR count). The van der Waals surface area contributed by atoms with E-state index in [9.17, 15) is 19.2 Å². The van der Waals surface area contributed by atoms with Gasteiger partial charge in [0.2, 0.25) is 11.8 Å². The number of esters is 1. The van der Waals surface area contributed by atoms with Crippen LogP contribution in [0.25, 0.3) is 6.08 Å². The van der Waals surface area contributed by atoms with E-state index in [1.807, 2.05) is 13.0 Å². The zero-order valence-electron chi connectivity index (χ0n) is 25.0. The van der Waals surface area contributed by atoms with E-state index in [0.717, 1.165) is 12.0 Å². The molecule has 0 bridgehead atoms. The summed E-state index contributed by atoms with van der Waals surface area (Å²) in [5.74, 6) is -0.976. The van der Waals surface area contributed by atoms with Crippen molar-refractivity contribution in [3.8, 4) is 0 Å². The minimum atomic E-state index is -1.04. The van der Waals surface area contributed by atoms with Gasteiger partial charge in [0.1, 0.15) is 17.7 Å². The molecule has 10 heteroatoms. The lowest BCUT2D eigenvalue weighted by molar-refractivity contribution is -0.145. The second kappa shape index (κ2) is 16.9. The number of ether oxygens (including phenoxy) is 2. The van der Waals surface area contributed by atoms with Crippen LogP contribution in [0.5, 0.6) is 0 Å². The lowest BCUT2D eigenvalue weighted by Gasteiger charge is -2.38. The number of nitrogens with zero attached hydrogens (tertiary/aromatic N) is 1. The minimum Gasteiger partial charge on any atom is -0.466 e. The Morgan fingerprint density at radius 1 is 1.12 bits per heavy atom. The zero-order chi connectivity index (χ0) is 30.5. The molecule has 224 valence electrons. The molecule has 0 aromatic heterocycles. The second-order valence-electron chi connectivity index (χ2n) is 11.1. The summed E-state index contributed by atoms with van der Waals surface area (Å²) in [6.07, 6.45) is 2.35. The SMILES string of the molecule is C=Cc1cccc(C(C(=O)NCCC(=O)OCC)N(C(=O)C(CS)NC(=O)OC(C)(C)C)C(C)CCC(C)C)c1. The Hall–Kier alpha value is -3.01. The minimum absolute atomic E-state index is 0.00459. The third-order valence-electron chi connectivity index (χ3n) is 5.99. The van der Waals surface area contributed by atoms with Crippen LogP contribution in [0.4, 0.5) is 4.79 Å². The van der Waals surface area contributed by atoms with Crippen LogP contribution in [0.3, 0.4) is 0 Å². The van der Waals surface area contributed by atoms with Gasteiger partial charge in [0.25, 0.3) is 0 Å². The van der Waals surface area contributed by atoms with E-state index in [4.69, 9.17) is 9.47 Å². The maximum Gasteiger partial charge on any atom is 0.408 e. The van der Waals surface area contributed by atoms with Crippen molar-refractivity contribution in [1.82, 2.24) is 15.5 Å². The summed E-state index contributed by atoms with van der Waals surface area (Å²) in [5.41, 5.74) is 0.595. The monoisotopic (exact) mass is 577 g/mol. The van der Waals surface area contributed by atoms with E-state index in [-0.39, 0.29) is 31.4 Å². The quantitative estimate of drug-likeness (QED) is 0.202. The van der Waals surface area contributed by atoms with Crippen molar-refractivity contribution in [1.29, 1.82) is 0 Å². The molecule has 1 aromatic carbocycles. The first-order valence-electron chi connectivity index (χ1n) is 13.8. The highest BCUT2D eigenvalue weighted by molar-refractivity contribution is 7.80. The van der Waals surface area contributed by atoms with Crippen LogP contribution in [0.1, 0.15) is 84.9 Å². The van der Waals surface area contributed by atoms with Crippen molar-refractivity contribution in [2.75, 3.05) is 18.9 Å². The maximum absolute atomic E-state index is 14.1. The molecule has 0 aliphatic rings. The van der Waals surface area contributed by atoms with Gasteiger partial charge in [0, 0.05) is 18.3 Å². The van der Waals surface area contributed by atoms with Gasteiger partial charge in [-0.15, -0.1) is 0 Å². The van der Waals surface area contributed by atoms with Gasteiger partial charge < -0.3 is 25.0 Å². The molecule has 0 saturated carbocycles. The van der Waals surface area contributed by atoms with Crippen molar-refractivity contribution in [2.45, 2.75) is 91.5 Å². The van der Waals surface area contributed by atoms with Gasteiger partial charge in [-0.3, -0.25) is 14.4 Å². The summed E-state index contributed by atoms with van der Waals surface area (Å²) < 4.78 is 10.3. The predicted octanol–water partition coefficient (Wildman–Crippen LogP) is 4.92. The second-order valence-corrected chi connectivity index (χ2v) is 11.4. The van der Waals surface area contributed by atoms with E-state index in [0.29, 0.717) is 17.9 Å². The highest BCUT2D eigenvalue weighted by Gasteiger charge is 2.38. The first kappa shape index (κ1) is 35.0. The van der Waals surface area contributed by atoms with Gasteiger partial charge >= 0.3 is 12.1 Å². The molecule has 40 heavy (non-hydrogen) atoms. The van der Waals surface area contributed by atoms with Crippen molar-refractivity contribution in [2.24, 2.45) is 5.92 Å². The van der Waals surface area contributed by atoms with E-state index < -0.39 is 41.6 Å². The number of amides is 3. The third kappa shape index (κ3) is 12.0. The van der Waals surface area contributed by atoms with Gasteiger partial charge in [-0.25, -0.2) is 4.79 Å². The normalized spacial score (nSPS) is 13.5. The number of nitrogens with one attached hydrogen (secondary N) is 2. The molecule has 0 radical (unpaired) electrons. The number of rotatable bonds is 15. The third-order valence-corrected chi connectivity index (χ3v) is 6.35. The smallest absolute Gasteiger partial charge is 0.408 e. The summed E-state index contributed by atoms with van der Waals surface area (Å²) in [6.45, 7) is 17.1. The standard InChI is InChI=1S/C30H47N3O6S/c1-9-22-12-11-13-23(18-22)26(27(35)31-17-16-25(34)38-10-2)33(21(5)15-14-20(3)4)28(36)24(19-40)32-29(37)39-30(6,7)8/h9,11-13,18,20-21,24,26,40H,1,10,14-17,19H2,2-8H3,(H,31,35)(H,32,37). The number of hydrogen-bond donors (Lipinski definition) is 3. The summed E-state index contributed by atoms with van der Waals surface area (Å²) in [6, 6.07) is 4.76. The summed E-state index contributed by atoms with van der Waals surface area (Å²) in [7, 11) is 0. The Kier molecular flexibility index (Phi) is 14.8. The van der Waals surface area contributed by atoms with Crippen molar-refractivity contribution < 1.29 is 28.7 Å². The van der Waals surface area contributed by atoms with Crippen LogP contribution in [0, 0.1) is 5.92 Å². The molecular weight excluding hydrogens is 530 g/mol. The molecule has 0 heterocycles. The van der Waals surface area contributed by atoms with E-state index in [2.05, 4.69) is 43.7 Å². The molecular formula is C30H47N3O6S. The summed E-state index contributed by atoms with van der Waals surface area (Å²) in [4.78, 5) is 53.9. The zero-order valence-corrected chi connectivity index (χ0v) is 25.9. The fraction of sp³-hybridized carbons (Fsp3) is 0.600. The number of carbonyl (C=O) groups is 4. The Bertz CT molecular complexity index is 1010. The van der Waals surface area contributed by atoms with Gasteiger partial charge in [-0.1, -0.05) is 44.7 Å². The molecule has 0 aliphatic heterocycles. The molecule has 0 saturated heterocycles. The van der Waals surface area contributed by atoms with Crippen molar-refractivity contribution >= 4 is 42.6 Å². The highest BCUT2D eigenvalue weighted by atomic mass is 32.1. The van der Waals surface area contributed by atoms with Crippen LogP contribution in [-0.4, -0.2) is 65.4 Å². The van der Waals surface area contributed by atoms with Gasteiger partial charge in [-0.05, 0) is 70.6 Å². The molecule has 1 aromatic rings.